The lowest BCUT2D eigenvalue weighted by Crippen LogP contribution is -2.24. The highest BCUT2D eigenvalue weighted by atomic mass is 32.1. The number of nitrogens with one attached hydrogen (secondary N) is 1. The molecule has 0 aromatic carbocycles. The van der Waals surface area contributed by atoms with Gasteiger partial charge < -0.3 is 14.8 Å². The van der Waals surface area contributed by atoms with Gasteiger partial charge in [0.25, 0.3) is 5.91 Å². The number of aromatic nitrogens is 1. The van der Waals surface area contributed by atoms with Crippen molar-refractivity contribution >= 4 is 23.2 Å². The number of aryl methyl sites for hydroxylation is 2. The lowest BCUT2D eigenvalue weighted by Gasteiger charge is -2.02. The highest BCUT2D eigenvalue weighted by Crippen LogP contribution is 2.29. The molecule has 0 spiro atoms. The fraction of sp³-hybridized carbons (Fsp3) is 0.357. The summed E-state index contributed by atoms with van der Waals surface area (Å²) in [4.78, 5) is 27.3. The van der Waals surface area contributed by atoms with Crippen LogP contribution < -0.4 is 5.32 Å². The Labute approximate surface area is 125 Å². The van der Waals surface area contributed by atoms with Crippen molar-refractivity contribution in [3.8, 4) is 10.8 Å². The summed E-state index contributed by atoms with van der Waals surface area (Å²) in [5, 5.41) is 11.9. The first-order valence-electron chi connectivity index (χ1n) is 6.51. The Morgan fingerprint density at radius 1 is 1.38 bits per heavy atom. The van der Waals surface area contributed by atoms with Crippen LogP contribution in [0.15, 0.2) is 16.5 Å². The number of furan rings is 1. The second kappa shape index (κ2) is 6.53. The minimum atomic E-state index is -0.867. The van der Waals surface area contributed by atoms with Gasteiger partial charge in [-0.2, -0.15) is 0 Å². The van der Waals surface area contributed by atoms with E-state index in [0.29, 0.717) is 34.3 Å². The highest BCUT2D eigenvalue weighted by Gasteiger charge is 2.17. The number of carboxylic acid groups (broad SMARTS) is 1. The normalized spacial score (nSPS) is 10.6. The third-order valence-electron chi connectivity index (χ3n) is 2.81. The van der Waals surface area contributed by atoms with E-state index in [0.717, 1.165) is 5.76 Å². The topological polar surface area (TPSA) is 92.4 Å². The average Bonchev–Trinajstić information content (AvgIpc) is 3.00. The number of hydrogen-bond donors (Lipinski definition) is 2. The zero-order valence-corrected chi connectivity index (χ0v) is 12.6. The van der Waals surface area contributed by atoms with Crippen molar-refractivity contribution in [3.05, 3.63) is 28.5 Å². The molecule has 0 fully saturated rings. The number of rotatable bonds is 6. The van der Waals surface area contributed by atoms with Crippen LogP contribution in [0.2, 0.25) is 0 Å². The number of hydrogen-bond acceptors (Lipinski definition) is 5. The molecule has 2 rings (SSSR count). The number of carbonyl (C=O) groups is 2. The van der Waals surface area contributed by atoms with Crippen LogP contribution >= 0.6 is 11.3 Å². The summed E-state index contributed by atoms with van der Waals surface area (Å²) in [7, 11) is 0. The van der Waals surface area contributed by atoms with Gasteiger partial charge >= 0.3 is 5.97 Å². The molecule has 0 saturated heterocycles. The Kier molecular flexibility index (Phi) is 4.74. The number of carbonyl (C=O) groups excluding carboxylic acids is 1. The zero-order valence-electron chi connectivity index (χ0n) is 11.8. The van der Waals surface area contributed by atoms with Crippen LogP contribution in [-0.2, 0) is 4.79 Å². The van der Waals surface area contributed by atoms with Crippen LogP contribution in [0.3, 0.4) is 0 Å². The van der Waals surface area contributed by atoms with Crippen molar-refractivity contribution in [3.63, 3.8) is 0 Å². The zero-order chi connectivity index (χ0) is 15.4. The van der Waals surface area contributed by atoms with Gasteiger partial charge in [-0.25, -0.2) is 4.98 Å². The highest BCUT2D eigenvalue weighted by molar-refractivity contribution is 7.17. The molecule has 0 radical (unpaired) electrons. The van der Waals surface area contributed by atoms with Gasteiger partial charge in [0.1, 0.15) is 10.6 Å². The van der Waals surface area contributed by atoms with Crippen LogP contribution in [0.4, 0.5) is 0 Å². The van der Waals surface area contributed by atoms with Gasteiger partial charge in [-0.15, -0.1) is 11.3 Å². The van der Waals surface area contributed by atoms with E-state index in [9.17, 15) is 9.59 Å². The first-order chi connectivity index (χ1) is 9.97. The second-order valence-corrected chi connectivity index (χ2v) is 5.60. The maximum Gasteiger partial charge on any atom is 0.303 e. The molecule has 0 aliphatic heterocycles. The van der Waals surface area contributed by atoms with Gasteiger partial charge in [-0.05, 0) is 32.4 Å². The molecule has 0 aliphatic carbocycles. The molecular weight excluding hydrogens is 292 g/mol. The van der Waals surface area contributed by atoms with E-state index in [1.165, 1.54) is 11.3 Å². The average molecular weight is 308 g/mol. The van der Waals surface area contributed by atoms with E-state index in [1.807, 2.05) is 19.1 Å². The van der Waals surface area contributed by atoms with Gasteiger partial charge in [0.05, 0.1) is 5.69 Å². The summed E-state index contributed by atoms with van der Waals surface area (Å²) >= 11 is 1.27. The summed E-state index contributed by atoms with van der Waals surface area (Å²) < 4.78 is 5.49. The van der Waals surface area contributed by atoms with Gasteiger partial charge in [0.15, 0.2) is 10.8 Å². The Hall–Kier alpha value is -2.15. The molecule has 2 N–H and O–H groups in total. The van der Waals surface area contributed by atoms with Crippen molar-refractivity contribution in [2.45, 2.75) is 26.7 Å². The van der Waals surface area contributed by atoms with Gasteiger partial charge in [0.2, 0.25) is 0 Å². The Morgan fingerprint density at radius 3 is 2.76 bits per heavy atom. The van der Waals surface area contributed by atoms with Crippen LogP contribution in [0.5, 0.6) is 0 Å². The molecule has 0 aliphatic rings. The van der Waals surface area contributed by atoms with Crippen LogP contribution in [-0.4, -0.2) is 28.5 Å². The monoisotopic (exact) mass is 308 g/mol. The fourth-order valence-electron chi connectivity index (χ4n) is 1.78. The Morgan fingerprint density at radius 2 is 2.14 bits per heavy atom. The smallest absolute Gasteiger partial charge is 0.303 e. The number of thiazole rings is 1. The lowest BCUT2D eigenvalue weighted by atomic mass is 10.3. The summed E-state index contributed by atoms with van der Waals surface area (Å²) in [5.41, 5.74) is 0.639. The molecule has 1 amide bonds. The molecule has 7 heteroatoms. The van der Waals surface area contributed by atoms with Crippen LogP contribution in [0, 0.1) is 13.8 Å². The minimum absolute atomic E-state index is 0.0406. The standard InChI is InChI=1S/C14H16N2O4S/c1-8-5-6-10(20-8)14-16-9(2)12(21-14)13(19)15-7-3-4-11(17)18/h5-6H,3-4,7H2,1-2H3,(H,15,19)(H,17,18). The Bertz CT molecular complexity index is 660. The molecule has 0 saturated carbocycles. The number of nitrogens with zero attached hydrogens (tertiary/aromatic N) is 1. The number of aliphatic carboxylic acids is 1. The van der Waals surface area contributed by atoms with Crippen molar-refractivity contribution in [1.82, 2.24) is 10.3 Å². The first kappa shape index (κ1) is 15.2. The van der Waals surface area contributed by atoms with Gasteiger partial charge in [-0.1, -0.05) is 0 Å². The van der Waals surface area contributed by atoms with Crippen molar-refractivity contribution < 1.29 is 19.1 Å². The molecule has 0 unspecified atom stereocenters. The fourth-order valence-corrected chi connectivity index (χ4v) is 2.73. The third-order valence-corrected chi connectivity index (χ3v) is 3.98. The Balaban J connectivity index is 2.01. The van der Waals surface area contributed by atoms with Crippen molar-refractivity contribution in [1.29, 1.82) is 0 Å². The van der Waals surface area contributed by atoms with Gasteiger partial charge in [0, 0.05) is 13.0 Å². The predicted octanol–water partition coefficient (Wildman–Crippen LogP) is 2.61. The maximum atomic E-state index is 12.0. The van der Waals surface area contributed by atoms with E-state index in [1.54, 1.807) is 6.92 Å². The predicted molar refractivity (Wildman–Crippen MR) is 78.5 cm³/mol. The molecule has 2 aromatic rings. The summed E-state index contributed by atoms with van der Waals surface area (Å²) in [5.74, 6) is 0.335. The molecule has 2 heterocycles. The van der Waals surface area contributed by atoms with Crippen molar-refractivity contribution in [2.75, 3.05) is 6.54 Å². The minimum Gasteiger partial charge on any atom is -0.481 e. The molecule has 2 aromatic heterocycles. The van der Waals surface area contributed by atoms with E-state index in [4.69, 9.17) is 9.52 Å². The number of amides is 1. The SMILES string of the molecule is Cc1ccc(-c2nc(C)c(C(=O)NCCCC(=O)O)s2)o1. The first-order valence-corrected chi connectivity index (χ1v) is 7.33. The molecule has 0 atom stereocenters. The lowest BCUT2D eigenvalue weighted by molar-refractivity contribution is -0.137. The van der Waals surface area contributed by atoms with E-state index < -0.39 is 5.97 Å². The maximum absolute atomic E-state index is 12.0. The second-order valence-electron chi connectivity index (χ2n) is 4.60. The van der Waals surface area contributed by atoms with E-state index in [-0.39, 0.29) is 12.3 Å². The van der Waals surface area contributed by atoms with Gasteiger partial charge in [-0.3, -0.25) is 9.59 Å². The largest absolute Gasteiger partial charge is 0.481 e. The van der Waals surface area contributed by atoms with E-state index >= 15 is 0 Å². The molecular formula is C14H16N2O4S. The molecule has 21 heavy (non-hydrogen) atoms. The number of carboxylic acids is 1. The summed E-state index contributed by atoms with van der Waals surface area (Å²) in [6, 6.07) is 3.67. The van der Waals surface area contributed by atoms with Crippen LogP contribution in [0.1, 0.15) is 34.0 Å². The van der Waals surface area contributed by atoms with Crippen LogP contribution in [0.25, 0.3) is 10.8 Å². The molecule has 0 bridgehead atoms. The summed E-state index contributed by atoms with van der Waals surface area (Å²) in [6.45, 7) is 3.94. The third kappa shape index (κ3) is 3.91. The quantitative estimate of drug-likeness (QED) is 0.800. The molecule has 112 valence electrons. The summed E-state index contributed by atoms with van der Waals surface area (Å²) in [6.07, 6.45) is 0.446. The molecule has 6 nitrogen and oxygen atoms in total. The van der Waals surface area contributed by atoms with Crippen molar-refractivity contribution in [2.24, 2.45) is 0 Å². The van der Waals surface area contributed by atoms with E-state index in [2.05, 4.69) is 10.3 Å².